The van der Waals surface area contributed by atoms with Crippen molar-refractivity contribution in [3.63, 3.8) is 0 Å². The monoisotopic (exact) mass is 338 g/mol. The van der Waals surface area contributed by atoms with Gasteiger partial charge >= 0.3 is 0 Å². The Morgan fingerprint density at radius 1 is 1.28 bits per heavy atom. The average Bonchev–Trinajstić information content (AvgIpc) is 2.64. The van der Waals surface area contributed by atoms with Crippen LogP contribution in [0.25, 0.3) is 5.57 Å². The van der Waals surface area contributed by atoms with E-state index >= 15 is 0 Å². The van der Waals surface area contributed by atoms with E-state index < -0.39 is 0 Å². The molecule has 2 aliphatic heterocycles. The fourth-order valence-electron chi connectivity index (χ4n) is 3.64. The maximum absolute atomic E-state index is 4.48. The molecule has 1 aromatic rings. The number of allylic oxidation sites excluding steroid dienone is 4. The topological polar surface area (TPSA) is 40.2 Å². The molecule has 0 atom stereocenters. The Morgan fingerprint density at radius 3 is 2.76 bits per heavy atom. The van der Waals surface area contributed by atoms with Crippen LogP contribution in [0, 0.1) is 0 Å². The molecule has 1 saturated heterocycles. The predicted molar refractivity (Wildman–Crippen MR) is 107 cm³/mol. The van der Waals surface area contributed by atoms with E-state index in [1.54, 1.807) is 0 Å². The molecule has 0 radical (unpaired) electrons. The number of hydrogen-bond donors (Lipinski definition) is 2. The van der Waals surface area contributed by atoms with Gasteiger partial charge in [0.15, 0.2) is 0 Å². The molecule has 1 fully saturated rings. The molecular weight excluding hydrogens is 308 g/mol. The van der Waals surface area contributed by atoms with Gasteiger partial charge < -0.3 is 10.6 Å². The molecule has 3 rings (SSSR count). The average molecular weight is 338 g/mol. The number of nitrogens with zero attached hydrogens (tertiary/aromatic N) is 2. The van der Waals surface area contributed by atoms with E-state index in [4.69, 9.17) is 0 Å². The Kier molecular flexibility index (Phi) is 5.92. The standard InChI is InChI=1S/C21H30N4/c1-16(15-25-11-5-4-6-12-25)13-20-17(2)23-10-9-19(20)18-7-8-21(22-3)24-14-18/h7-9,13-14,23H,4-6,10-12,15H2,1-3H3,(H,22,24)/b16-13+. The third-order valence-electron chi connectivity index (χ3n) is 5.01. The highest BCUT2D eigenvalue weighted by molar-refractivity contribution is 5.83. The number of nitrogens with one attached hydrogen (secondary N) is 2. The molecule has 0 saturated carbocycles. The van der Waals surface area contributed by atoms with Gasteiger partial charge in [0.05, 0.1) is 0 Å². The van der Waals surface area contributed by atoms with Crippen molar-refractivity contribution < 1.29 is 0 Å². The normalized spacial score (nSPS) is 19.5. The van der Waals surface area contributed by atoms with Crippen molar-refractivity contribution in [1.82, 2.24) is 15.2 Å². The summed E-state index contributed by atoms with van der Waals surface area (Å²) < 4.78 is 0. The van der Waals surface area contributed by atoms with Crippen molar-refractivity contribution in [3.05, 3.63) is 52.9 Å². The van der Waals surface area contributed by atoms with Gasteiger partial charge in [0.2, 0.25) is 0 Å². The fourth-order valence-corrected chi connectivity index (χ4v) is 3.64. The predicted octanol–water partition coefficient (Wildman–Crippen LogP) is 3.82. The lowest BCUT2D eigenvalue weighted by molar-refractivity contribution is 0.246. The molecule has 25 heavy (non-hydrogen) atoms. The molecule has 0 unspecified atom stereocenters. The molecule has 0 bridgehead atoms. The first-order valence-corrected chi connectivity index (χ1v) is 9.36. The molecule has 2 N–H and O–H groups in total. The summed E-state index contributed by atoms with van der Waals surface area (Å²) in [6.45, 7) is 8.84. The first-order valence-electron chi connectivity index (χ1n) is 9.36. The highest BCUT2D eigenvalue weighted by Gasteiger charge is 2.15. The summed E-state index contributed by atoms with van der Waals surface area (Å²) in [4.78, 5) is 7.06. The first kappa shape index (κ1) is 17.7. The van der Waals surface area contributed by atoms with Crippen molar-refractivity contribution in [2.75, 3.05) is 38.5 Å². The van der Waals surface area contributed by atoms with E-state index in [-0.39, 0.29) is 0 Å². The Morgan fingerprint density at radius 2 is 2.08 bits per heavy atom. The van der Waals surface area contributed by atoms with Gasteiger partial charge in [0.25, 0.3) is 0 Å². The van der Waals surface area contributed by atoms with Gasteiger partial charge in [-0.15, -0.1) is 0 Å². The molecule has 134 valence electrons. The van der Waals surface area contributed by atoms with Crippen molar-refractivity contribution >= 4 is 11.4 Å². The number of hydrogen-bond acceptors (Lipinski definition) is 4. The summed E-state index contributed by atoms with van der Waals surface area (Å²) in [5, 5.41) is 6.56. The molecule has 0 aromatic carbocycles. The van der Waals surface area contributed by atoms with Crippen LogP contribution in [-0.4, -0.2) is 43.1 Å². The van der Waals surface area contributed by atoms with Crippen LogP contribution in [0.3, 0.4) is 0 Å². The number of rotatable bonds is 5. The molecule has 2 aliphatic rings. The Balaban J connectivity index is 1.80. The fraction of sp³-hybridized carbons (Fsp3) is 0.476. The molecule has 3 heterocycles. The van der Waals surface area contributed by atoms with Crippen LogP contribution in [-0.2, 0) is 0 Å². The van der Waals surface area contributed by atoms with E-state index in [2.05, 4.69) is 52.6 Å². The SMILES string of the molecule is CNc1ccc(C2=CCNC(C)=C2/C=C(\C)CN2CCCCC2)cn1. The van der Waals surface area contributed by atoms with Gasteiger partial charge in [-0.1, -0.05) is 24.1 Å². The molecule has 1 aromatic heterocycles. The Bertz CT molecular complexity index is 676. The number of pyridine rings is 1. The van der Waals surface area contributed by atoms with E-state index in [1.165, 1.54) is 60.3 Å². The van der Waals surface area contributed by atoms with Crippen LogP contribution < -0.4 is 10.6 Å². The van der Waals surface area contributed by atoms with Crippen molar-refractivity contribution in [3.8, 4) is 0 Å². The third kappa shape index (κ3) is 4.51. The quantitative estimate of drug-likeness (QED) is 0.856. The molecular formula is C21H30N4. The Hall–Kier alpha value is -2.07. The summed E-state index contributed by atoms with van der Waals surface area (Å²) in [5.41, 5.74) is 6.42. The van der Waals surface area contributed by atoms with E-state index in [0.717, 1.165) is 18.9 Å². The largest absolute Gasteiger partial charge is 0.385 e. The zero-order valence-corrected chi connectivity index (χ0v) is 15.7. The number of piperidine rings is 1. The summed E-state index contributed by atoms with van der Waals surface area (Å²) in [7, 11) is 1.90. The summed E-state index contributed by atoms with van der Waals surface area (Å²) in [6, 6.07) is 4.19. The number of likely N-dealkylation sites (tertiary alicyclic amines) is 1. The molecule has 4 nitrogen and oxygen atoms in total. The van der Waals surface area contributed by atoms with Gasteiger partial charge in [-0.2, -0.15) is 0 Å². The second kappa shape index (κ2) is 8.34. The lowest BCUT2D eigenvalue weighted by Gasteiger charge is -2.27. The van der Waals surface area contributed by atoms with E-state index in [9.17, 15) is 0 Å². The molecule has 0 aliphatic carbocycles. The zero-order chi connectivity index (χ0) is 17.6. The minimum atomic E-state index is 0.872. The van der Waals surface area contributed by atoms with Crippen LogP contribution in [0.1, 0.15) is 38.7 Å². The maximum Gasteiger partial charge on any atom is 0.125 e. The van der Waals surface area contributed by atoms with E-state index in [0.29, 0.717) is 0 Å². The van der Waals surface area contributed by atoms with Gasteiger partial charge in [0.1, 0.15) is 5.82 Å². The second-order valence-corrected chi connectivity index (χ2v) is 7.05. The van der Waals surface area contributed by atoms with Crippen LogP contribution in [0.15, 0.2) is 47.3 Å². The number of aromatic nitrogens is 1. The van der Waals surface area contributed by atoms with Gasteiger partial charge in [-0.05, 0) is 57.5 Å². The number of anilines is 1. The first-order chi connectivity index (χ1) is 12.2. The Labute approximate surface area is 151 Å². The second-order valence-electron chi connectivity index (χ2n) is 7.05. The third-order valence-corrected chi connectivity index (χ3v) is 5.01. The lowest BCUT2D eigenvalue weighted by atomic mass is 9.93. The van der Waals surface area contributed by atoms with E-state index in [1.807, 2.05) is 19.3 Å². The zero-order valence-electron chi connectivity index (χ0n) is 15.7. The highest BCUT2D eigenvalue weighted by Crippen LogP contribution is 2.29. The molecule has 0 amide bonds. The van der Waals surface area contributed by atoms with Crippen LogP contribution >= 0.6 is 0 Å². The maximum atomic E-state index is 4.48. The number of dihydropyridines is 1. The van der Waals surface area contributed by atoms with Crippen LogP contribution in [0.5, 0.6) is 0 Å². The minimum absolute atomic E-state index is 0.872. The van der Waals surface area contributed by atoms with Crippen molar-refractivity contribution in [2.24, 2.45) is 0 Å². The summed E-state index contributed by atoms with van der Waals surface area (Å²) >= 11 is 0. The highest BCUT2D eigenvalue weighted by atomic mass is 15.1. The van der Waals surface area contributed by atoms with Crippen LogP contribution in [0.2, 0.25) is 0 Å². The minimum Gasteiger partial charge on any atom is -0.385 e. The van der Waals surface area contributed by atoms with Gasteiger partial charge in [0, 0.05) is 43.2 Å². The van der Waals surface area contributed by atoms with Crippen molar-refractivity contribution in [2.45, 2.75) is 33.1 Å². The van der Waals surface area contributed by atoms with Crippen LogP contribution in [0.4, 0.5) is 5.82 Å². The summed E-state index contributed by atoms with van der Waals surface area (Å²) in [6.07, 6.45) is 10.6. The van der Waals surface area contributed by atoms with Gasteiger partial charge in [-0.3, -0.25) is 4.90 Å². The molecule has 0 spiro atoms. The summed E-state index contributed by atoms with van der Waals surface area (Å²) in [5.74, 6) is 0.900. The van der Waals surface area contributed by atoms with Crippen molar-refractivity contribution in [1.29, 1.82) is 0 Å². The molecule has 4 heteroatoms. The smallest absolute Gasteiger partial charge is 0.125 e. The van der Waals surface area contributed by atoms with Gasteiger partial charge in [-0.25, -0.2) is 4.98 Å². The lowest BCUT2D eigenvalue weighted by Crippen LogP contribution is -2.31.